The maximum Gasteiger partial charge on any atom is 0.492 e. The molecule has 642 valence electrons. The van der Waals surface area contributed by atoms with E-state index in [0.717, 1.165) is 123 Å². The lowest BCUT2D eigenvalue weighted by atomic mass is 9.81. The van der Waals surface area contributed by atoms with E-state index in [1.807, 2.05) is 144 Å². The van der Waals surface area contributed by atoms with E-state index in [9.17, 15) is 39.6 Å². The molecular weight excluding hydrogens is 1700 g/mol. The van der Waals surface area contributed by atoms with Gasteiger partial charge in [-0.25, -0.2) is 77.8 Å². The van der Waals surface area contributed by atoms with E-state index >= 15 is 0 Å². The zero-order chi connectivity index (χ0) is 86.7. The number of fused-ring (bicyclic) bond motifs is 2. The first-order valence-corrected chi connectivity index (χ1v) is 47.5. The molecule has 3 amide bonds. The highest BCUT2D eigenvalue weighted by atomic mass is 79.9. The Bertz CT molecular complexity index is 5320. The number of thiazole rings is 3. The summed E-state index contributed by atoms with van der Waals surface area (Å²) in [7, 11) is -12.8. The number of halogens is 1. The third-order valence-electron chi connectivity index (χ3n) is 19.2. The Kier molecular flexibility index (Phi) is 31.0. The van der Waals surface area contributed by atoms with Crippen molar-refractivity contribution >= 4 is 128 Å². The SMILES string of the molecule is CC(C)OC(=O)NC1CCC(c2ncc(-c3ccc(-c4cnn5ccccc45)cc3S(=O)(=O)NC(C)(C)C)s2)CC1.CC(C)OC(=O)NC1CCC(c2ncc(-c3ccc(Br)cc3S(=O)(=O)NC(C)(C)C)s2)CC1.CC(C)OC(=O)NC1CCC(c2ncc(-c3ccc(N)cc3S(=O)(=O)NC(C)(C)C)s2)CC1.OB(O)c1cnn2ccccc12. The van der Waals surface area contributed by atoms with Gasteiger partial charge in [0, 0.05) is 128 Å². The topological polar surface area (TPSA) is 393 Å². The van der Waals surface area contributed by atoms with Crippen LogP contribution in [0.3, 0.4) is 0 Å². The van der Waals surface area contributed by atoms with E-state index in [1.165, 1.54) is 46.3 Å². The van der Waals surface area contributed by atoms with Gasteiger partial charge in [0.2, 0.25) is 30.1 Å². The zero-order valence-electron chi connectivity index (χ0n) is 69.8. The molecule has 0 aliphatic heterocycles. The monoisotopic (exact) mass is 1810 g/mol. The highest BCUT2D eigenvalue weighted by molar-refractivity contribution is 9.10. The van der Waals surface area contributed by atoms with Crippen molar-refractivity contribution in [3.05, 3.63) is 154 Å². The standard InChI is InChI=1S/C30H37N5O4S2.C23H32BrN3O4S2.C23H34N4O4S2.C7H7BN2O2/c1-19(2)39-29(36)33-22-12-9-20(10-13-22)28-31-18-26(40-28)23-14-11-21(16-27(23)41(37,38)34-30(3,4)5)24-17-32-35-15-7-6-8-25(24)35;2*1-14(2)31-22(28)26-17-9-6-15(7-10-17)21-25-13-19(32-21)18-11-8-16(24)12-20(18)33(29,30)27-23(3,4)5;11-8(12)6-5-9-10-4-2-1-3-7(6)10/h6-8,11,14-20,22,34H,9-10,12-13H2,1-5H3,(H,33,36);8,11-15,17,27H,6-7,9-10H2,1-5H3,(H,26,28);8,11-15,17,27H,6-7,9-10,24H2,1-5H3,(H,26,28);1-5,11-12H. The number of hydrogen-bond acceptors (Lipinski definition) is 23. The Morgan fingerprint density at radius 3 is 1.18 bits per heavy atom. The van der Waals surface area contributed by atoms with Crippen LogP contribution in [0.5, 0.6) is 0 Å². The molecule has 10 N–H and O–H groups in total. The molecule has 7 aromatic heterocycles. The van der Waals surface area contributed by atoms with Crippen LogP contribution in [0.1, 0.15) is 214 Å². The first-order chi connectivity index (χ1) is 55.9. The van der Waals surface area contributed by atoms with Crippen LogP contribution in [0.4, 0.5) is 20.1 Å². The molecule has 3 fully saturated rings. The van der Waals surface area contributed by atoms with Crippen LogP contribution in [0.25, 0.3) is 53.5 Å². The number of nitrogen functional groups attached to an aromatic ring is 1. The van der Waals surface area contributed by atoms with Crippen molar-refractivity contribution in [2.45, 2.75) is 266 Å². The molecule has 3 aliphatic rings. The van der Waals surface area contributed by atoms with Crippen molar-refractivity contribution in [1.82, 2.24) is 64.3 Å². The van der Waals surface area contributed by atoms with Gasteiger partial charge in [0.1, 0.15) is 0 Å². The minimum atomic E-state index is -3.86. The Hall–Kier alpha value is -8.27. The van der Waals surface area contributed by atoms with Crippen molar-refractivity contribution < 1.29 is 63.9 Å². The molecule has 3 saturated carbocycles. The van der Waals surface area contributed by atoms with Gasteiger partial charge in [0.15, 0.2) is 0 Å². The number of carbonyl (C=O) groups excluding carboxylic acids is 3. The highest BCUT2D eigenvalue weighted by Crippen LogP contribution is 2.45. The predicted molar refractivity (Wildman–Crippen MR) is 473 cm³/mol. The van der Waals surface area contributed by atoms with Crippen LogP contribution in [-0.4, -0.2) is 148 Å². The summed E-state index contributed by atoms with van der Waals surface area (Å²) in [5.74, 6) is 0.842. The number of nitrogens with zero attached hydrogens (tertiary/aromatic N) is 7. The number of carbonyl (C=O) groups is 3. The highest BCUT2D eigenvalue weighted by Gasteiger charge is 2.35. The van der Waals surface area contributed by atoms with Crippen LogP contribution in [0, 0.1) is 0 Å². The fourth-order valence-electron chi connectivity index (χ4n) is 14.2. The van der Waals surface area contributed by atoms with Crippen LogP contribution >= 0.6 is 49.9 Å². The number of anilines is 1. The lowest BCUT2D eigenvalue weighted by Crippen LogP contribution is -2.40. The van der Waals surface area contributed by atoms with Crippen molar-refractivity contribution in [1.29, 1.82) is 0 Å². The number of pyridine rings is 2. The summed E-state index contributed by atoms with van der Waals surface area (Å²) in [5.41, 5.74) is 9.98. The van der Waals surface area contributed by atoms with Crippen LogP contribution < -0.4 is 41.3 Å². The Labute approximate surface area is 718 Å². The van der Waals surface area contributed by atoms with E-state index in [1.54, 1.807) is 91.1 Å². The quantitative estimate of drug-likeness (QED) is 0.0194. The molecule has 119 heavy (non-hydrogen) atoms. The van der Waals surface area contributed by atoms with Crippen LogP contribution in [0.15, 0.2) is 154 Å². The molecule has 7 heterocycles. The molecule has 36 heteroatoms. The first kappa shape index (κ1) is 93.0. The number of benzene rings is 3. The van der Waals surface area contributed by atoms with Crippen molar-refractivity contribution in [2.75, 3.05) is 5.73 Å². The average molecular weight is 1810 g/mol. The van der Waals surface area contributed by atoms with Gasteiger partial charge in [-0.15, -0.1) is 34.0 Å². The number of aromatic nitrogens is 7. The van der Waals surface area contributed by atoms with Crippen molar-refractivity contribution in [3.8, 4) is 42.4 Å². The summed E-state index contributed by atoms with van der Waals surface area (Å²) in [6, 6.07) is 27.3. The smallest absolute Gasteiger partial charge is 0.447 e. The van der Waals surface area contributed by atoms with Gasteiger partial charge >= 0.3 is 25.4 Å². The normalized spacial score (nSPS) is 18.1. The Balaban J connectivity index is 0.000000176. The number of ether oxygens (including phenoxy) is 3. The minimum absolute atomic E-state index is 0.0876. The largest absolute Gasteiger partial charge is 0.492 e. The third kappa shape index (κ3) is 26.4. The number of alkyl carbamates (subject to hydrolysis) is 3. The zero-order valence-corrected chi connectivity index (χ0v) is 76.3. The van der Waals surface area contributed by atoms with E-state index < -0.39 is 53.8 Å². The van der Waals surface area contributed by atoms with Crippen LogP contribution in [0.2, 0.25) is 0 Å². The number of amides is 3. The van der Waals surface area contributed by atoms with Gasteiger partial charge in [-0.3, -0.25) is 0 Å². The summed E-state index contributed by atoms with van der Waals surface area (Å²) in [6.07, 6.45) is 21.1. The molecule has 13 rings (SSSR count). The van der Waals surface area contributed by atoms with E-state index in [4.69, 9.17) is 35.0 Å². The number of hydrogen-bond donors (Lipinski definition) is 9. The van der Waals surface area contributed by atoms with Gasteiger partial charge in [-0.2, -0.15) is 10.2 Å². The molecule has 3 aromatic carbocycles. The van der Waals surface area contributed by atoms with Gasteiger partial charge in [-0.1, -0.05) is 52.3 Å². The van der Waals surface area contributed by atoms with Crippen molar-refractivity contribution in [3.63, 3.8) is 0 Å². The summed E-state index contributed by atoms with van der Waals surface area (Å²) in [6.45, 7) is 27.3. The number of sulfonamides is 3. The second-order valence-electron chi connectivity index (χ2n) is 33.9. The molecule has 10 aromatic rings. The number of nitrogens with one attached hydrogen (secondary N) is 6. The molecule has 28 nitrogen and oxygen atoms in total. The van der Waals surface area contributed by atoms with Gasteiger partial charge in [0.25, 0.3) is 0 Å². The molecule has 0 spiro atoms. The average Bonchev–Trinajstić information content (AvgIpc) is 1.75. The molecule has 0 unspecified atom stereocenters. The fraction of sp³-hybridized carbons (Fsp3) is 0.470. The second kappa shape index (κ2) is 39.7. The Morgan fingerprint density at radius 2 is 0.807 bits per heavy atom. The first-order valence-electron chi connectivity index (χ1n) is 39.8. The van der Waals surface area contributed by atoms with E-state index in [-0.39, 0.29) is 81.2 Å². The summed E-state index contributed by atoms with van der Waals surface area (Å²) in [4.78, 5) is 52.7. The van der Waals surface area contributed by atoms with Gasteiger partial charge in [-0.05, 0) is 241 Å². The molecule has 0 bridgehead atoms. The third-order valence-corrected chi connectivity index (χ3v) is 28.6. The lowest BCUT2D eigenvalue weighted by molar-refractivity contribution is 0.108. The number of rotatable bonds is 20. The fourth-order valence-corrected chi connectivity index (χ4v) is 23.3. The Morgan fingerprint density at radius 1 is 0.462 bits per heavy atom. The van der Waals surface area contributed by atoms with Gasteiger partial charge in [0.05, 0.1) is 79.9 Å². The van der Waals surface area contributed by atoms with Crippen molar-refractivity contribution in [2.24, 2.45) is 0 Å². The number of nitrogens with two attached hydrogens (primary N) is 1. The molecule has 0 radical (unpaired) electrons. The maximum atomic E-state index is 13.7. The molecule has 0 saturated heterocycles. The van der Waals surface area contributed by atoms with E-state index in [0.29, 0.717) is 43.7 Å². The summed E-state index contributed by atoms with van der Waals surface area (Å²) < 4.78 is 108. The molecule has 0 atom stereocenters. The lowest BCUT2D eigenvalue weighted by Gasteiger charge is -2.28. The van der Waals surface area contributed by atoms with E-state index in [2.05, 4.69) is 66.2 Å². The summed E-state index contributed by atoms with van der Waals surface area (Å²) >= 11 is 7.99. The molecule has 3 aliphatic carbocycles. The predicted octanol–water partition coefficient (Wildman–Crippen LogP) is 15.8. The van der Waals surface area contributed by atoms with Gasteiger partial charge < -0.3 is 45.9 Å². The second-order valence-corrected chi connectivity index (χ2v) is 43.0. The van der Waals surface area contributed by atoms with Crippen LogP contribution in [-0.2, 0) is 44.3 Å². The molecular formula is C83H110BBrN14O14S6. The maximum absolute atomic E-state index is 13.7. The minimum Gasteiger partial charge on any atom is -0.447 e. The summed E-state index contributed by atoms with van der Waals surface area (Å²) in [5, 5.41) is 38.0.